The first kappa shape index (κ1) is 26.2. The van der Waals surface area contributed by atoms with Gasteiger partial charge in [0.05, 0.1) is 9.78 Å². The number of nitrogens with zero attached hydrogens (tertiary/aromatic N) is 2. The van der Waals surface area contributed by atoms with E-state index in [1.807, 2.05) is 56.3 Å². The Morgan fingerprint density at radius 2 is 1.84 bits per heavy atom. The van der Waals surface area contributed by atoms with Crippen LogP contribution < -0.4 is 10.2 Å². The minimum Gasteiger partial charge on any atom is -0.489 e. The summed E-state index contributed by atoms with van der Waals surface area (Å²) >= 11 is 5.63. The van der Waals surface area contributed by atoms with Gasteiger partial charge < -0.3 is 13.7 Å². The molecule has 1 N–H and O–H groups in total. The second kappa shape index (κ2) is 11.1. The van der Waals surface area contributed by atoms with Crippen LogP contribution in [0.5, 0.6) is 5.75 Å². The molecule has 5 rings (SSSR count). The van der Waals surface area contributed by atoms with Gasteiger partial charge in [0.25, 0.3) is 0 Å². The molecule has 38 heavy (non-hydrogen) atoms. The van der Waals surface area contributed by atoms with E-state index >= 15 is 0 Å². The molecule has 0 unspecified atom stereocenters. The zero-order valence-electron chi connectivity index (χ0n) is 20.5. The molecule has 3 aromatic carbocycles. The molecule has 0 aliphatic rings. The van der Waals surface area contributed by atoms with Gasteiger partial charge in [0, 0.05) is 32.5 Å². The van der Waals surface area contributed by atoms with Gasteiger partial charge in [-0.15, -0.1) is 0 Å². The van der Waals surface area contributed by atoms with E-state index in [0.29, 0.717) is 12.2 Å². The van der Waals surface area contributed by atoms with Gasteiger partial charge in [-0.25, -0.2) is 9.82 Å². The third kappa shape index (κ3) is 5.68. The number of rotatable bonds is 7. The molecular weight excluding hydrogens is 664 g/mol. The third-order valence-electron chi connectivity index (χ3n) is 6.01. The van der Waals surface area contributed by atoms with E-state index in [0.717, 1.165) is 47.4 Å². The van der Waals surface area contributed by atoms with E-state index in [9.17, 15) is 9.18 Å². The molecular formula is C29H22BrFIN3O3. The molecule has 0 atom stereocenters. The Morgan fingerprint density at radius 3 is 2.58 bits per heavy atom. The predicted molar refractivity (Wildman–Crippen MR) is 158 cm³/mol. The molecule has 0 spiro atoms. The van der Waals surface area contributed by atoms with Crippen molar-refractivity contribution in [2.75, 3.05) is 0 Å². The van der Waals surface area contributed by atoms with Crippen LogP contribution in [0, 0.1) is 23.2 Å². The second-order valence-electron chi connectivity index (χ2n) is 8.69. The number of aromatic nitrogens is 1. The number of nitrogens with one attached hydrogen (secondary N) is 1. The number of hydrogen-bond donors (Lipinski definition) is 1. The highest BCUT2D eigenvalue weighted by Gasteiger charge is 2.15. The quantitative estimate of drug-likeness (QED) is 0.109. The SMILES string of the molecule is Cc1cc(/C=N\NC(=O)c2cc3cc(Br)cc(I)c3o2)c(C)n1-c1ccc(OCc2ccc(F)cc2)cc1. The second-order valence-corrected chi connectivity index (χ2v) is 10.8. The maximum atomic E-state index is 13.1. The predicted octanol–water partition coefficient (Wildman–Crippen LogP) is 7.69. The molecule has 0 saturated heterocycles. The van der Waals surface area contributed by atoms with Gasteiger partial charge in [0.15, 0.2) is 5.76 Å². The fourth-order valence-corrected chi connectivity index (χ4v) is 5.82. The standard InChI is InChI=1S/C29H22BrFIN3O3/c1-17-11-21(15-33-34-29(36)27-13-20-12-22(30)14-26(32)28(20)38-27)18(2)35(17)24-7-9-25(10-8-24)37-16-19-3-5-23(31)6-4-19/h3-15H,16H2,1-2H3,(H,34,36)/b33-15-. The van der Waals surface area contributed by atoms with Crippen LogP contribution in [0.3, 0.4) is 0 Å². The van der Waals surface area contributed by atoms with Crippen molar-refractivity contribution in [2.24, 2.45) is 5.10 Å². The first-order valence-corrected chi connectivity index (χ1v) is 13.5. The number of hydrazone groups is 1. The zero-order valence-corrected chi connectivity index (χ0v) is 24.2. The first-order valence-electron chi connectivity index (χ1n) is 11.7. The van der Waals surface area contributed by atoms with Crippen molar-refractivity contribution in [3.05, 3.63) is 115 Å². The average molecular weight is 686 g/mol. The number of aryl methyl sites for hydroxylation is 1. The van der Waals surface area contributed by atoms with Crippen molar-refractivity contribution in [1.29, 1.82) is 0 Å². The third-order valence-corrected chi connectivity index (χ3v) is 7.27. The Labute approximate surface area is 240 Å². The van der Waals surface area contributed by atoms with Crippen LogP contribution in [0.25, 0.3) is 16.7 Å². The molecule has 0 bridgehead atoms. The van der Waals surface area contributed by atoms with Crippen molar-refractivity contribution < 1.29 is 18.3 Å². The molecule has 0 fully saturated rings. The van der Waals surface area contributed by atoms with Crippen LogP contribution >= 0.6 is 38.5 Å². The lowest BCUT2D eigenvalue weighted by Gasteiger charge is -2.11. The average Bonchev–Trinajstić information content (AvgIpc) is 3.45. The monoisotopic (exact) mass is 685 g/mol. The number of carbonyl (C=O) groups is 1. The molecule has 0 aliphatic carbocycles. The van der Waals surface area contributed by atoms with Crippen LogP contribution in [-0.4, -0.2) is 16.7 Å². The number of carbonyl (C=O) groups excluding carboxylic acids is 1. The lowest BCUT2D eigenvalue weighted by Crippen LogP contribution is -2.16. The van der Waals surface area contributed by atoms with Gasteiger partial charge in [-0.3, -0.25) is 4.79 Å². The highest BCUT2D eigenvalue weighted by molar-refractivity contribution is 14.1. The van der Waals surface area contributed by atoms with Crippen molar-refractivity contribution >= 4 is 61.6 Å². The maximum absolute atomic E-state index is 13.1. The number of fused-ring (bicyclic) bond motifs is 1. The minimum atomic E-state index is -0.422. The first-order chi connectivity index (χ1) is 18.3. The summed E-state index contributed by atoms with van der Waals surface area (Å²) in [7, 11) is 0. The van der Waals surface area contributed by atoms with E-state index in [4.69, 9.17) is 9.15 Å². The van der Waals surface area contributed by atoms with Crippen LogP contribution in [-0.2, 0) is 6.61 Å². The van der Waals surface area contributed by atoms with E-state index < -0.39 is 5.91 Å². The summed E-state index contributed by atoms with van der Waals surface area (Å²) in [5, 5.41) is 5.00. The number of amides is 1. The van der Waals surface area contributed by atoms with Gasteiger partial charge in [-0.2, -0.15) is 5.10 Å². The van der Waals surface area contributed by atoms with Crippen molar-refractivity contribution in [1.82, 2.24) is 9.99 Å². The number of furan rings is 1. The summed E-state index contributed by atoms with van der Waals surface area (Å²) in [6.07, 6.45) is 1.62. The molecule has 6 nitrogen and oxygen atoms in total. The molecule has 2 heterocycles. The molecule has 2 aromatic heterocycles. The smallest absolute Gasteiger partial charge is 0.307 e. The molecule has 9 heteroatoms. The van der Waals surface area contributed by atoms with Crippen LogP contribution in [0.4, 0.5) is 4.39 Å². The Bertz CT molecular complexity index is 1660. The summed E-state index contributed by atoms with van der Waals surface area (Å²) in [4.78, 5) is 12.6. The molecule has 0 saturated carbocycles. The molecule has 0 radical (unpaired) electrons. The summed E-state index contributed by atoms with van der Waals surface area (Å²) in [6.45, 7) is 4.36. The highest BCUT2D eigenvalue weighted by atomic mass is 127. The maximum Gasteiger partial charge on any atom is 0.307 e. The van der Waals surface area contributed by atoms with Gasteiger partial charge >= 0.3 is 5.91 Å². The van der Waals surface area contributed by atoms with E-state index in [2.05, 4.69) is 53.6 Å². The Kier molecular flexibility index (Phi) is 7.66. The normalized spacial score (nSPS) is 11.4. The summed E-state index contributed by atoms with van der Waals surface area (Å²) in [6, 6.07) is 21.5. The van der Waals surface area contributed by atoms with E-state index in [-0.39, 0.29) is 11.6 Å². The van der Waals surface area contributed by atoms with E-state index in [1.54, 1.807) is 24.4 Å². The topological polar surface area (TPSA) is 68.8 Å². The van der Waals surface area contributed by atoms with Crippen LogP contribution in [0.1, 0.15) is 33.1 Å². The Morgan fingerprint density at radius 1 is 1.11 bits per heavy atom. The van der Waals surface area contributed by atoms with Crippen molar-refractivity contribution in [3.8, 4) is 11.4 Å². The fraction of sp³-hybridized carbons (Fsp3) is 0.103. The van der Waals surface area contributed by atoms with E-state index in [1.165, 1.54) is 12.1 Å². The van der Waals surface area contributed by atoms with Gasteiger partial charge in [-0.05, 0) is 103 Å². The Balaban J connectivity index is 1.25. The molecule has 1 amide bonds. The van der Waals surface area contributed by atoms with Crippen molar-refractivity contribution in [2.45, 2.75) is 20.5 Å². The minimum absolute atomic E-state index is 0.195. The summed E-state index contributed by atoms with van der Waals surface area (Å²) < 4.78 is 28.6. The number of halogens is 3. The van der Waals surface area contributed by atoms with Gasteiger partial charge in [-0.1, -0.05) is 28.1 Å². The van der Waals surface area contributed by atoms with Gasteiger partial charge in [0.1, 0.15) is 23.8 Å². The number of hydrogen-bond acceptors (Lipinski definition) is 4. The molecule has 0 aliphatic heterocycles. The number of benzene rings is 3. The summed E-state index contributed by atoms with van der Waals surface area (Å²) in [5.41, 5.74) is 7.96. The molecule has 192 valence electrons. The largest absolute Gasteiger partial charge is 0.489 e. The fourth-order valence-electron chi connectivity index (χ4n) is 4.16. The summed E-state index contributed by atoms with van der Waals surface area (Å²) in [5.74, 6) is 0.226. The van der Waals surface area contributed by atoms with Gasteiger partial charge in [0.2, 0.25) is 0 Å². The van der Waals surface area contributed by atoms with Crippen LogP contribution in [0.15, 0.2) is 86.8 Å². The lowest BCUT2D eigenvalue weighted by molar-refractivity contribution is 0.0929. The lowest BCUT2D eigenvalue weighted by atomic mass is 10.2. The number of ether oxygens (including phenoxy) is 1. The van der Waals surface area contributed by atoms with Crippen LogP contribution in [0.2, 0.25) is 0 Å². The van der Waals surface area contributed by atoms with Crippen molar-refractivity contribution in [3.63, 3.8) is 0 Å². The Hall–Kier alpha value is -3.44. The zero-order chi connectivity index (χ0) is 26.8. The molecule has 5 aromatic rings. The highest BCUT2D eigenvalue weighted by Crippen LogP contribution is 2.28.